The number of pyridine rings is 1. The van der Waals surface area contributed by atoms with Crippen LogP contribution < -0.4 is 5.32 Å². The smallest absolute Gasteiger partial charge is 0.266 e. The van der Waals surface area contributed by atoms with E-state index in [1.165, 1.54) is 12.1 Å². The fraction of sp³-hybridized carbons (Fsp3) is 0. The van der Waals surface area contributed by atoms with Crippen molar-refractivity contribution in [1.82, 2.24) is 4.98 Å². The molecule has 0 saturated heterocycles. The maximum atomic E-state index is 12.4. The molecule has 0 aliphatic heterocycles. The molecule has 0 unspecified atom stereocenters. The number of benzene rings is 2. The first-order valence-electron chi connectivity index (χ1n) is 7.24. The number of carbonyl (C=O) groups is 1. The first kappa shape index (κ1) is 15.3. The van der Waals surface area contributed by atoms with E-state index in [2.05, 4.69) is 10.3 Å². The SMILES string of the molecule is N#C/C(=C\c1ccccc1O)C(=O)Nc1cccc2ncccc12. The summed E-state index contributed by atoms with van der Waals surface area (Å²) in [4.78, 5) is 16.6. The highest BCUT2D eigenvalue weighted by Gasteiger charge is 2.12. The fourth-order valence-corrected chi connectivity index (χ4v) is 2.32. The number of phenols is 1. The van der Waals surface area contributed by atoms with Crippen molar-refractivity contribution in [2.75, 3.05) is 5.32 Å². The molecule has 0 bridgehead atoms. The zero-order chi connectivity index (χ0) is 16.9. The first-order chi connectivity index (χ1) is 11.7. The Morgan fingerprint density at radius 2 is 1.96 bits per heavy atom. The van der Waals surface area contributed by atoms with Gasteiger partial charge in [-0.25, -0.2) is 0 Å². The van der Waals surface area contributed by atoms with E-state index in [0.717, 1.165) is 10.9 Å². The van der Waals surface area contributed by atoms with Crippen molar-refractivity contribution in [2.24, 2.45) is 0 Å². The third-order valence-corrected chi connectivity index (χ3v) is 3.50. The third kappa shape index (κ3) is 3.08. The van der Waals surface area contributed by atoms with Crippen LogP contribution in [0.2, 0.25) is 0 Å². The van der Waals surface area contributed by atoms with Crippen molar-refractivity contribution in [3.8, 4) is 11.8 Å². The molecule has 1 amide bonds. The maximum absolute atomic E-state index is 12.4. The summed E-state index contributed by atoms with van der Waals surface area (Å²) in [6.07, 6.45) is 3.03. The second-order valence-electron chi connectivity index (χ2n) is 5.06. The molecule has 116 valence electrons. The van der Waals surface area contributed by atoms with E-state index < -0.39 is 5.91 Å². The molecule has 0 spiro atoms. The van der Waals surface area contributed by atoms with Gasteiger partial charge in [0.1, 0.15) is 17.4 Å². The molecule has 0 radical (unpaired) electrons. The van der Waals surface area contributed by atoms with Crippen molar-refractivity contribution >= 4 is 28.6 Å². The van der Waals surface area contributed by atoms with Crippen molar-refractivity contribution in [3.63, 3.8) is 0 Å². The predicted octanol–water partition coefficient (Wildman–Crippen LogP) is 3.49. The average Bonchev–Trinajstić information content (AvgIpc) is 2.61. The molecule has 24 heavy (non-hydrogen) atoms. The summed E-state index contributed by atoms with van der Waals surface area (Å²) in [6.45, 7) is 0. The van der Waals surface area contributed by atoms with Gasteiger partial charge in [0.2, 0.25) is 0 Å². The molecular weight excluding hydrogens is 302 g/mol. The number of nitrogens with one attached hydrogen (secondary N) is 1. The van der Waals surface area contributed by atoms with Crippen LogP contribution in [0.15, 0.2) is 66.4 Å². The largest absolute Gasteiger partial charge is 0.507 e. The van der Waals surface area contributed by atoms with Gasteiger partial charge in [-0.2, -0.15) is 5.26 Å². The summed E-state index contributed by atoms with van der Waals surface area (Å²) in [5, 5.41) is 22.6. The van der Waals surface area contributed by atoms with E-state index in [1.807, 2.05) is 18.2 Å². The predicted molar refractivity (Wildman–Crippen MR) is 92.1 cm³/mol. The minimum Gasteiger partial charge on any atom is -0.507 e. The first-order valence-corrected chi connectivity index (χ1v) is 7.24. The Morgan fingerprint density at radius 1 is 1.12 bits per heavy atom. The van der Waals surface area contributed by atoms with Crippen LogP contribution in [0.3, 0.4) is 0 Å². The topological polar surface area (TPSA) is 86.0 Å². The van der Waals surface area contributed by atoms with Crippen LogP contribution >= 0.6 is 0 Å². The Bertz CT molecular complexity index is 982. The quantitative estimate of drug-likeness (QED) is 0.572. The molecule has 0 aliphatic carbocycles. The van der Waals surface area contributed by atoms with E-state index >= 15 is 0 Å². The number of phenolic OH excluding ortho intramolecular Hbond substituents is 1. The highest BCUT2D eigenvalue weighted by atomic mass is 16.3. The van der Waals surface area contributed by atoms with E-state index in [1.54, 1.807) is 42.6 Å². The average molecular weight is 315 g/mol. The number of hydrogen-bond donors (Lipinski definition) is 2. The standard InChI is InChI=1S/C19H13N3O2/c20-12-14(11-13-5-1-2-9-18(13)23)19(24)22-17-8-3-7-16-15(17)6-4-10-21-16/h1-11,23H,(H,22,24)/b14-11+. The molecule has 0 aliphatic rings. The molecular formula is C19H13N3O2. The van der Waals surface area contributed by atoms with Crippen LogP contribution in [0.25, 0.3) is 17.0 Å². The molecule has 5 nitrogen and oxygen atoms in total. The normalized spacial score (nSPS) is 11.0. The van der Waals surface area contributed by atoms with Crippen LogP contribution in [-0.2, 0) is 4.79 Å². The number of amides is 1. The number of hydrogen-bond acceptors (Lipinski definition) is 4. The Balaban J connectivity index is 1.93. The second kappa shape index (κ2) is 6.63. The number of aromatic hydroxyl groups is 1. The van der Waals surface area contributed by atoms with Gasteiger partial charge in [0.25, 0.3) is 5.91 Å². The van der Waals surface area contributed by atoms with E-state index in [4.69, 9.17) is 0 Å². The van der Waals surface area contributed by atoms with Crippen LogP contribution in [0.1, 0.15) is 5.56 Å². The van der Waals surface area contributed by atoms with Crippen LogP contribution in [-0.4, -0.2) is 16.0 Å². The highest BCUT2D eigenvalue weighted by Crippen LogP contribution is 2.23. The van der Waals surface area contributed by atoms with Crippen molar-refractivity contribution in [3.05, 3.63) is 71.9 Å². The molecule has 0 fully saturated rings. The summed E-state index contributed by atoms with van der Waals surface area (Å²) in [5.74, 6) is -0.537. The van der Waals surface area contributed by atoms with Gasteiger partial charge in [-0.05, 0) is 36.4 Å². The lowest BCUT2D eigenvalue weighted by atomic mass is 10.1. The molecule has 0 saturated carbocycles. The van der Waals surface area contributed by atoms with Gasteiger partial charge in [0.05, 0.1) is 11.2 Å². The van der Waals surface area contributed by atoms with Gasteiger partial charge in [0, 0.05) is 17.1 Å². The lowest BCUT2D eigenvalue weighted by molar-refractivity contribution is -0.112. The molecule has 3 rings (SSSR count). The van der Waals surface area contributed by atoms with Crippen LogP contribution in [0, 0.1) is 11.3 Å². The molecule has 3 aromatic rings. The van der Waals surface area contributed by atoms with Gasteiger partial charge in [-0.1, -0.05) is 24.3 Å². The van der Waals surface area contributed by atoms with E-state index in [9.17, 15) is 15.2 Å². The molecule has 0 atom stereocenters. The zero-order valence-corrected chi connectivity index (χ0v) is 12.6. The second-order valence-corrected chi connectivity index (χ2v) is 5.06. The van der Waals surface area contributed by atoms with E-state index in [0.29, 0.717) is 11.3 Å². The lowest BCUT2D eigenvalue weighted by Gasteiger charge is -2.08. The van der Waals surface area contributed by atoms with Gasteiger partial charge in [-0.15, -0.1) is 0 Å². The minimum atomic E-state index is -0.544. The number of nitrogens with zero attached hydrogens (tertiary/aromatic N) is 2. The Kier molecular flexibility index (Phi) is 4.21. The van der Waals surface area contributed by atoms with Gasteiger partial charge in [0.15, 0.2) is 0 Å². The lowest BCUT2D eigenvalue weighted by Crippen LogP contribution is -2.13. The molecule has 2 aromatic carbocycles. The number of rotatable bonds is 3. The Hall–Kier alpha value is -3.65. The van der Waals surface area contributed by atoms with Crippen molar-refractivity contribution in [2.45, 2.75) is 0 Å². The summed E-state index contributed by atoms with van der Waals surface area (Å²) in [7, 11) is 0. The number of aromatic nitrogens is 1. The third-order valence-electron chi connectivity index (χ3n) is 3.50. The van der Waals surface area contributed by atoms with Gasteiger partial charge in [-0.3, -0.25) is 9.78 Å². The molecule has 2 N–H and O–H groups in total. The number of nitriles is 1. The molecule has 1 heterocycles. The fourth-order valence-electron chi connectivity index (χ4n) is 2.32. The number of carbonyl (C=O) groups excluding carboxylic acids is 1. The zero-order valence-electron chi connectivity index (χ0n) is 12.6. The van der Waals surface area contributed by atoms with E-state index in [-0.39, 0.29) is 11.3 Å². The number of anilines is 1. The monoisotopic (exact) mass is 315 g/mol. The van der Waals surface area contributed by atoms with Crippen LogP contribution in [0.4, 0.5) is 5.69 Å². The number of fused-ring (bicyclic) bond motifs is 1. The summed E-state index contributed by atoms with van der Waals surface area (Å²) < 4.78 is 0. The minimum absolute atomic E-state index is 0.00686. The van der Waals surface area contributed by atoms with Crippen LogP contribution in [0.5, 0.6) is 5.75 Å². The number of para-hydroxylation sites is 1. The van der Waals surface area contributed by atoms with Gasteiger partial charge >= 0.3 is 0 Å². The summed E-state index contributed by atoms with van der Waals surface area (Å²) in [6, 6.07) is 17.4. The van der Waals surface area contributed by atoms with Crippen molar-refractivity contribution < 1.29 is 9.90 Å². The van der Waals surface area contributed by atoms with Gasteiger partial charge < -0.3 is 10.4 Å². The van der Waals surface area contributed by atoms with Crippen molar-refractivity contribution in [1.29, 1.82) is 5.26 Å². The molecule has 5 heteroatoms. The molecule has 1 aromatic heterocycles. The summed E-state index contributed by atoms with van der Waals surface area (Å²) >= 11 is 0. The Morgan fingerprint density at radius 3 is 2.75 bits per heavy atom. The summed E-state index contributed by atoms with van der Waals surface area (Å²) in [5.41, 5.74) is 1.63. The Labute approximate surface area is 138 Å². The highest BCUT2D eigenvalue weighted by molar-refractivity contribution is 6.12. The maximum Gasteiger partial charge on any atom is 0.266 e.